The van der Waals surface area contributed by atoms with Crippen molar-refractivity contribution in [3.8, 4) is 0 Å². The number of urea groups is 1. The van der Waals surface area contributed by atoms with Crippen LogP contribution in [0, 0.1) is 5.92 Å². The maximum absolute atomic E-state index is 12.7. The van der Waals surface area contributed by atoms with Crippen molar-refractivity contribution >= 4 is 6.03 Å². The summed E-state index contributed by atoms with van der Waals surface area (Å²) in [6.07, 6.45) is 5.37. The van der Waals surface area contributed by atoms with Crippen LogP contribution in [0.25, 0.3) is 0 Å². The molecule has 2 saturated heterocycles. The molecule has 0 aromatic carbocycles. The van der Waals surface area contributed by atoms with Gasteiger partial charge in [0.25, 0.3) is 0 Å². The molecule has 1 aromatic heterocycles. The molecule has 1 atom stereocenters. The highest BCUT2D eigenvalue weighted by molar-refractivity contribution is 5.74. The highest BCUT2D eigenvalue weighted by Crippen LogP contribution is 2.38. The van der Waals surface area contributed by atoms with E-state index in [1.165, 1.54) is 12.8 Å². The molecule has 24 heavy (non-hydrogen) atoms. The monoisotopic (exact) mass is 333 g/mol. The van der Waals surface area contributed by atoms with E-state index in [2.05, 4.69) is 22.1 Å². The lowest BCUT2D eigenvalue weighted by Gasteiger charge is -2.39. The number of carbonyl (C=O) groups excluding carboxylic acids is 1. The number of piperidine rings is 1. The van der Waals surface area contributed by atoms with E-state index in [4.69, 9.17) is 4.52 Å². The average molecular weight is 333 g/mol. The van der Waals surface area contributed by atoms with Gasteiger partial charge in [0.05, 0.1) is 0 Å². The zero-order valence-electron chi connectivity index (χ0n) is 14.5. The van der Waals surface area contributed by atoms with Gasteiger partial charge in [0, 0.05) is 51.6 Å². The molecule has 7 heteroatoms. The van der Waals surface area contributed by atoms with Gasteiger partial charge < -0.3 is 19.2 Å². The Morgan fingerprint density at radius 2 is 1.92 bits per heavy atom. The van der Waals surface area contributed by atoms with Crippen LogP contribution in [-0.2, 0) is 6.42 Å². The van der Waals surface area contributed by atoms with E-state index in [9.17, 15) is 4.79 Å². The Kier molecular flexibility index (Phi) is 4.43. The van der Waals surface area contributed by atoms with Crippen molar-refractivity contribution in [3.63, 3.8) is 0 Å². The number of likely N-dealkylation sites (tertiary alicyclic amines) is 1. The van der Waals surface area contributed by atoms with E-state index in [0.717, 1.165) is 70.2 Å². The summed E-state index contributed by atoms with van der Waals surface area (Å²) in [5.41, 5.74) is 0. The van der Waals surface area contributed by atoms with E-state index in [1.54, 1.807) is 0 Å². The fraction of sp³-hybridized carbons (Fsp3) is 0.824. The van der Waals surface area contributed by atoms with Crippen LogP contribution in [0.4, 0.5) is 4.79 Å². The highest BCUT2D eigenvalue weighted by Gasteiger charge is 2.31. The number of hydrogen-bond donors (Lipinski definition) is 0. The van der Waals surface area contributed by atoms with Crippen LogP contribution in [0.3, 0.4) is 0 Å². The number of hydrogen-bond acceptors (Lipinski definition) is 5. The minimum absolute atomic E-state index is 0.206. The van der Waals surface area contributed by atoms with Crippen LogP contribution in [0.2, 0.25) is 0 Å². The molecule has 3 fully saturated rings. The van der Waals surface area contributed by atoms with E-state index in [1.807, 2.05) is 9.80 Å². The lowest BCUT2D eigenvalue weighted by Crippen LogP contribution is -2.53. The number of aromatic nitrogens is 2. The number of rotatable bonds is 3. The lowest BCUT2D eigenvalue weighted by atomic mass is 9.95. The second kappa shape index (κ2) is 6.70. The van der Waals surface area contributed by atoms with Gasteiger partial charge in [0.15, 0.2) is 5.82 Å². The minimum atomic E-state index is 0.206. The molecule has 0 radical (unpaired) electrons. The van der Waals surface area contributed by atoms with Crippen molar-refractivity contribution in [2.45, 2.75) is 38.0 Å². The van der Waals surface area contributed by atoms with E-state index in [0.29, 0.717) is 11.8 Å². The fourth-order valence-corrected chi connectivity index (χ4v) is 3.71. The summed E-state index contributed by atoms with van der Waals surface area (Å²) in [6.45, 7) is 5.30. The molecule has 1 aromatic rings. The first-order valence-electron chi connectivity index (χ1n) is 9.24. The van der Waals surface area contributed by atoms with Gasteiger partial charge in [-0.1, -0.05) is 5.16 Å². The van der Waals surface area contributed by atoms with Crippen LogP contribution < -0.4 is 0 Å². The molecule has 0 spiro atoms. The molecule has 0 unspecified atom stereocenters. The first-order chi connectivity index (χ1) is 11.7. The van der Waals surface area contributed by atoms with Crippen molar-refractivity contribution in [1.82, 2.24) is 24.8 Å². The minimum Gasteiger partial charge on any atom is -0.339 e. The van der Waals surface area contributed by atoms with Crippen LogP contribution in [-0.4, -0.2) is 77.2 Å². The maximum atomic E-state index is 12.7. The van der Waals surface area contributed by atoms with Gasteiger partial charge in [-0.05, 0) is 38.6 Å². The van der Waals surface area contributed by atoms with Gasteiger partial charge in [-0.25, -0.2) is 4.79 Å². The van der Waals surface area contributed by atoms with Crippen LogP contribution >= 0.6 is 0 Å². The predicted octanol–water partition coefficient (Wildman–Crippen LogP) is 1.57. The van der Waals surface area contributed by atoms with Gasteiger partial charge in [0.2, 0.25) is 5.89 Å². The third kappa shape index (κ3) is 3.55. The molecule has 0 bridgehead atoms. The second-order valence-corrected chi connectivity index (χ2v) is 7.55. The normalized spacial score (nSPS) is 26.0. The summed E-state index contributed by atoms with van der Waals surface area (Å²) in [5.74, 6) is 2.59. The Bertz CT molecular complexity index is 577. The van der Waals surface area contributed by atoms with Gasteiger partial charge in [-0.15, -0.1) is 0 Å². The number of carbonyl (C=O) groups is 1. The van der Waals surface area contributed by atoms with Crippen molar-refractivity contribution in [2.75, 3.05) is 46.3 Å². The van der Waals surface area contributed by atoms with Gasteiger partial charge in [0.1, 0.15) is 0 Å². The third-order valence-corrected chi connectivity index (χ3v) is 5.45. The molecule has 2 amide bonds. The van der Waals surface area contributed by atoms with Crippen molar-refractivity contribution in [1.29, 1.82) is 0 Å². The van der Waals surface area contributed by atoms with Crippen molar-refractivity contribution < 1.29 is 9.32 Å². The van der Waals surface area contributed by atoms with Crippen molar-refractivity contribution in [2.24, 2.45) is 5.92 Å². The Morgan fingerprint density at radius 1 is 1.12 bits per heavy atom. The second-order valence-electron chi connectivity index (χ2n) is 7.55. The van der Waals surface area contributed by atoms with Crippen LogP contribution in [0.1, 0.15) is 43.3 Å². The predicted molar refractivity (Wildman–Crippen MR) is 88.7 cm³/mol. The number of likely N-dealkylation sites (N-methyl/N-ethyl adjacent to an activating group) is 1. The Balaban J connectivity index is 1.32. The van der Waals surface area contributed by atoms with Gasteiger partial charge in [-0.3, -0.25) is 0 Å². The smallest absolute Gasteiger partial charge is 0.320 e. The largest absolute Gasteiger partial charge is 0.339 e. The summed E-state index contributed by atoms with van der Waals surface area (Å²) >= 11 is 0. The molecule has 2 aliphatic heterocycles. The molecule has 1 saturated carbocycles. The zero-order valence-corrected chi connectivity index (χ0v) is 14.5. The molecule has 1 aliphatic carbocycles. The Labute approximate surface area is 143 Å². The standard InChI is InChI=1S/C17H27N5O2/c1-20-7-9-21(10-8-20)17(23)22-6-2-3-13(12-22)11-15-18-16(19-24-15)14-4-5-14/h13-14H,2-12H2,1H3/t13-/m1/s1. The van der Waals surface area contributed by atoms with Gasteiger partial charge in [-0.2, -0.15) is 4.98 Å². The first kappa shape index (κ1) is 15.9. The summed E-state index contributed by atoms with van der Waals surface area (Å²) < 4.78 is 5.41. The molecule has 4 rings (SSSR count). The van der Waals surface area contributed by atoms with Gasteiger partial charge >= 0.3 is 6.03 Å². The topological polar surface area (TPSA) is 65.7 Å². The average Bonchev–Trinajstić information content (AvgIpc) is 3.35. The molecule has 0 N–H and O–H groups in total. The van der Waals surface area contributed by atoms with Crippen LogP contribution in [0.15, 0.2) is 4.52 Å². The maximum Gasteiger partial charge on any atom is 0.320 e. The Morgan fingerprint density at radius 3 is 2.67 bits per heavy atom. The molecule has 132 valence electrons. The quantitative estimate of drug-likeness (QED) is 0.840. The molecular formula is C17H27N5O2. The lowest BCUT2D eigenvalue weighted by molar-refractivity contribution is 0.104. The SMILES string of the molecule is CN1CCN(C(=O)N2CCC[C@H](Cc3nc(C4CC4)no3)C2)CC1. The Hall–Kier alpha value is -1.63. The van der Waals surface area contributed by atoms with Crippen LogP contribution in [0.5, 0.6) is 0 Å². The molecule has 7 nitrogen and oxygen atoms in total. The zero-order chi connectivity index (χ0) is 16.5. The molecular weight excluding hydrogens is 306 g/mol. The van der Waals surface area contributed by atoms with E-state index < -0.39 is 0 Å². The van der Waals surface area contributed by atoms with Crippen molar-refractivity contribution in [3.05, 3.63) is 11.7 Å². The fourth-order valence-electron chi connectivity index (χ4n) is 3.71. The van der Waals surface area contributed by atoms with E-state index in [-0.39, 0.29) is 6.03 Å². The first-order valence-corrected chi connectivity index (χ1v) is 9.24. The van der Waals surface area contributed by atoms with E-state index >= 15 is 0 Å². The highest BCUT2D eigenvalue weighted by atomic mass is 16.5. The summed E-state index contributed by atoms with van der Waals surface area (Å²) in [4.78, 5) is 23.6. The third-order valence-electron chi connectivity index (χ3n) is 5.45. The summed E-state index contributed by atoms with van der Waals surface area (Å²) in [5, 5.41) is 4.10. The summed E-state index contributed by atoms with van der Waals surface area (Å²) in [6, 6.07) is 0.206. The molecule has 3 aliphatic rings. The molecule has 3 heterocycles. The number of nitrogens with zero attached hydrogens (tertiary/aromatic N) is 5. The number of piperazine rings is 1. The summed E-state index contributed by atoms with van der Waals surface area (Å²) in [7, 11) is 2.11. The number of amides is 2.